The molecule has 7 nitrogen and oxygen atoms in total. The van der Waals surface area contributed by atoms with Gasteiger partial charge in [0, 0.05) is 0 Å². The molecule has 0 atom stereocenters. The van der Waals surface area contributed by atoms with Crippen LogP contribution in [0.3, 0.4) is 0 Å². The zero-order valence-corrected chi connectivity index (χ0v) is 18.6. The van der Waals surface area contributed by atoms with Gasteiger partial charge in [-0.15, -0.1) is 11.3 Å². The standard InChI is InChI=1S/C21H22N2O5S2/c1-4-27-15(24)12-29-21-22-18-16(13(3)17(30-18)20(26)28-5-2)19(25)23(21)11-14-9-7-6-8-10-14/h6-10H,4-5,11-12H2,1-3H3. The highest BCUT2D eigenvalue weighted by Crippen LogP contribution is 2.30. The Balaban J connectivity index is 2.10. The van der Waals surface area contributed by atoms with Crippen LogP contribution in [-0.2, 0) is 20.8 Å². The van der Waals surface area contributed by atoms with E-state index in [0.29, 0.717) is 32.4 Å². The van der Waals surface area contributed by atoms with Crippen LogP contribution in [0.15, 0.2) is 40.3 Å². The molecule has 0 unspecified atom stereocenters. The van der Waals surface area contributed by atoms with E-state index in [0.717, 1.165) is 28.7 Å². The highest BCUT2D eigenvalue weighted by atomic mass is 32.2. The van der Waals surface area contributed by atoms with Gasteiger partial charge in [-0.1, -0.05) is 42.1 Å². The molecule has 0 fully saturated rings. The predicted molar refractivity (Wildman–Crippen MR) is 117 cm³/mol. The van der Waals surface area contributed by atoms with Gasteiger partial charge in [-0.05, 0) is 31.9 Å². The summed E-state index contributed by atoms with van der Waals surface area (Å²) in [7, 11) is 0. The van der Waals surface area contributed by atoms with E-state index in [1.54, 1.807) is 20.8 Å². The number of esters is 2. The van der Waals surface area contributed by atoms with Crippen molar-refractivity contribution in [3.63, 3.8) is 0 Å². The molecule has 0 aliphatic carbocycles. The van der Waals surface area contributed by atoms with E-state index < -0.39 is 5.97 Å². The van der Waals surface area contributed by atoms with Crippen molar-refractivity contribution in [1.29, 1.82) is 0 Å². The lowest BCUT2D eigenvalue weighted by Gasteiger charge is -2.12. The normalized spacial score (nSPS) is 10.9. The number of carbonyl (C=O) groups is 2. The Morgan fingerprint density at radius 3 is 2.50 bits per heavy atom. The second-order valence-electron chi connectivity index (χ2n) is 6.32. The van der Waals surface area contributed by atoms with Crippen LogP contribution in [0.4, 0.5) is 0 Å². The van der Waals surface area contributed by atoms with Gasteiger partial charge in [-0.2, -0.15) is 0 Å². The first-order chi connectivity index (χ1) is 14.5. The first-order valence-corrected chi connectivity index (χ1v) is 11.3. The van der Waals surface area contributed by atoms with E-state index in [1.807, 2.05) is 30.3 Å². The summed E-state index contributed by atoms with van der Waals surface area (Å²) < 4.78 is 11.6. The van der Waals surface area contributed by atoms with Crippen molar-refractivity contribution in [2.45, 2.75) is 32.5 Å². The maximum Gasteiger partial charge on any atom is 0.348 e. The largest absolute Gasteiger partial charge is 0.465 e. The number of ether oxygens (including phenoxy) is 2. The maximum absolute atomic E-state index is 13.4. The fraction of sp³-hybridized carbons (Fsp3) is 0.333. The number of thiophene rings is 1. The molecule has 0 saturated heterocycles. The van der Waals surface area contributed by atoms with E-state index in [-0.39, 0.29) is 30.5 Å². The predicted octanol–water partition coefficient (Wildman–Crippen LogP) is 3.65. The van der Waals surface area contributed by atoms with E-state index in [1.165, 1.54) is 4.57 Å². The number of rotatable bonds is 8. The molecule has 30 heavy (non-hydrogen) atoms. The van der Waals surface area contributed by atoms with Crippen LogP contribution in [0.5, 0.6) is 0 Å². The monoisotopic (exact) mass is 446 g/mol. The van der Waals surface area contributed by atoms with Gasteiger partial charge in [0.1, 0.15) is 9.71 Å². The molecule has 0 bridgehead atoms. The zero-order chi connectivity index (χ0) is 21.7. The van der Waals surface area contributed by atoms with Crippen molar-refractivity contribution in [3.05, 3.63) is 56.7 Å². The molecule has 0 N–H and O–H groups in total. The van der Waals surface area contributed by atoms with Gasteiger partial charge in [-0.25, -0.2) is 9.78 Å². The lowest BCUT2D eigenvalue weighted by Crippen LogP contribution is -2.24. The summed E-state index contributed by atoms with van der Waals surface area (Å²) in [5.41, 5.74) is 1.24. The van der Waals surface area contributed by atoms with Crippen LogP contribution < -0.4 is 5.56 Å². The molecule has 3 rings (SSSR count). The molecule has 0 spiro atoms. The van der Waals surface area contributed by atoms with E-state index >= 15 is 0 Å². The molecular weight excluding hydrogens is 424 g/mol. The van der Waals surface area contributed by atoms with Crippen LogP contribution in [-0.4, -0.2) is 40.5 Å². The fourth-order valence-electron chi connectivity index (χ4n) is 2.93. The van der Waals surface area contributed by atoms with Crippen molar-refractivity contribution in [1.82, 2.24) is 9.55 Å². The van der Waals surface area contributed by atoms with Gasteiger partial charge < -0.3 is 9.47 Å². The molecular formula is C21H22N2O5S2. The first-order valence-electron chi connectivity index (χ1n) is 9.49. The summed E-state index contributed by atoms with van der Waals surface area (Å²) in [5, 5.41) is 0.806. The quantitative estimate of drug-likeness (QED) is 0.296. The summed E-state index contributed by atoms with van der Waals surface area (Å²) in [6.45, 7) is 6.04. The van der Waals surface area contributed by atoms with Crippen LogP contribution >= 0.6 is 23.1 Å². The lowest BCUT2D eigenvalue weighted by atomic mass is 10.2. The molecule has 158 valence electrons. The van der Waals surface area contributed by atoms with Crippen LogP contribution in [0.2, 0.25) is 0 Å². The van der Waals surface area contributed by atoms with Crippen molar-refractivity contribution < 1.29 is 19.1 Å². The fourth-order valence-corrected chi connectivity index (χ4v) is 4.84. The molecule has 0 radical (unpaired) electrons. The topological polar surface area (TPSA) is 87.5 Å². The average Bonchev–Trinajstić information content (AvgIpc) is 3.06. The number of aromatic nitrogens is 2. The third-order valence-corrected chi connectivity index (χ3v) is 6.40. The highest BCUT2D eigenvalue weighted by Gasteiger charge is 2.23. The van der Waals surface area contributed by atoms with Gasteiger partial charge in [0.05, 0.1) is 30.9 Å². The maximum atomic E-state index is 13.4. The molecule has 1 aromatic carbocycles. The minimum absolute atomic E-state index is 0.0374. The number of hydrogen-bond acceptors (Lipinski definition) is 8. The van der Waals surface area contributed by atoms with Crippen molar-refractivity contribution >= 4 is 45.3 Å². The third kappa shape index (κ3) is 4.73. The van der Waals surface area contributed by atoms with Gasteiger partial charge in [-0.3, -0.25) is 14.2 Å². The summed E-state index contributed by atoms with van der Waals surface area (Å²) in [6, 6.07) is 9.53. The molecule has 3 aromatic rings. The van der Waals surface area contributed by atoms with Crippen LogP contribution in [0, 0.1) is 6.92 Å². The Kier molecular flexibility index (Phi) is 7.28. The number of aryl methyl sites for hydroxylation is 1. The number of fused-ring (bicyclic) bond motifs is 1. The summed E-state index contributed by atoms with van der Waals surface area (Å²) in [6.07, 6.45) is 0. The molecule has 2 aromatic heterocycles. The van der Waals surface area contributed by atoms with E-state index in [9.17, 15) is 14.4 Å². The average molecular weight is 447 g/mol. The molecule has 0 saturated carbocycles. The van der Waals surface area contributed by atoms with Gasteiger partial charge in [0.2, 0.25) is 0 Å². The van der Waals surface area contributed by atoms with Gasteiger partial charge >= 0.3 is 11.9 Å². The van der Waals surface area contributed by atoms with Gasteiger partial charge in [0.15, 0.2) is 5.16 Å². The van der Waals surface area contributed by atoms with Gasteiger partial charge in [0.25, 0.3) is 5.56 Å². The third-order valence-electron chi connectivity index (χ3n) is 4.28. The molecule has 0 amide bonds. The Bertz CT molecular complexity index is 1120. The molecule has 9 heteroatoms. The van der Waals surface area contributed by atoms with Crippen LogP contribution in [0.25, 0.3) is 10.2 Å². The molecule has 0 aliphatic rings. The summed E-state index contributed by atoms with van der Waals surface area (Å²) in [5.74, 6) is -0.805. The summed E-state index contributed by atoms with van der Waals surface area (Å²) in [4.78, 5) is 42.9. The number of nitrogens with zero attached hydrogens (tertiary/aromatic N) is 2. The Labute approximate surface area is 182 Å². The number of benzene rings is 1. The second kappa shape index (κ2) is 9.90. The second-order valence-corrected chi connectivity index (χ2v) is 8.26. The number of thioether (sulfide) groups is 1. The Morgan fingerprint density at radius 1 is 1.13 bits per heavy atom. The Morgan fingerprint density at radius 2 is 1.83 bits per heavy atom. The van der Waals surface area contributed by atoms with Crippen LogP contribution in [0.1, 0.15) is 34.6 Å². The number of hydrogen-bond donors (Lipinski definition) is 0. The van der Waals surface area contributed by atoms with Crippen molar-refractivity contribution in [3.8, 4) is 0 Å². The van der Waals surface area contributed by atoms with E-state index in [2.05, 4.69) is 4.98 Å². The Hall–Kier alpha value is -2.65. The van der Waals surface area contributed by atoms with Crippen molar-refractivity contribution in [2.75, 3.05) is 19.0 Å². The number of carbonyl (C=O) groups excluding carboxylic acids is 2. The minimum Gasteiger partial charge on any atom is -0.465 e. The zero-order valence-electron chi connectivity index (χ0n) is 17.0. The minimum atomic E-state index is -0.465. The smallest absolute Gasteiger partial charge is 0.348 e. The first kappa shape index (κ1) is 22.0. The van der Waals surface area contributed by atoms with Crippen molar-refractivity contribution in [2.24, 2.45) is 0 Å². The summed E-state index contributed by atoms with van der Waals surface area (Å²) >= 11 is 2.28. The molecule has 2 heterocycles. The molecule has 0 aliphatic heterocycles. The highest BCUT2D eigenvalue weighted by molar-refractivity contribution is 7.99. The SMILES string of the molecule is CCOC(=O)CSc1nc2sc(C(=O)OCC)c(C)c2c(=O)n1Cc1ccccc1. The lowest BCUT2D eigenvalue weighted by molar-refractivity contribution is -0.139. The van der Waals surface area contributed by atoms with E-state index in [4.69, 9.17) is 9.47 Å².